The lowest BCUT2D eigenvalue weighted by Crippen LogP contribution is -2.28. The first kappa shape index (κ1) is 14.5. The molecule has 1 aliphatic carbocycles. The lowest BCUT2D eigenvalue weighted by molar-refractivity contribution is -0.149. The largest absolute Gasteiger partial charge is 0.469 e. The van der Waals surface area contributed by atoms with Crippen LogP contribution in [-0.2, 0) is 35.8 Å². The predicted octanol–water partition coefficient (Wildman–Crippen LogP) is 1.44. The number of hydrogen-bond donors (Lipinski definition) is 0. The fraction of sp³-hybridized carbons (Fsp3) is 0.467. The first-order valence-electron chi connectivity index (χ1n) is 6.35. The maximum absolute atomic E-state index is 12.2. The zero-order valence-corrected chi connectivity index (χ0v) is 11.8. The Labute approximate surface area is 117 Å². The number of benzene rings is 1. The number of hydrogen-bond acceptors (Lipinski definition) is 5. The number of carbonyl (C=O) groups is 2. The molecule has 5 nitrogen and oxygen atoms in total. The van der Waals surface area contributed by atoms with Crippen molar-refractivity contribution in [2.24, 2.45) is 5.92 Å². The normalized spacial score (nSPS) is 24.1. The minimum atomic E-state index is -0.934. The van der Waals surface area contributed by atoms with Gasteiger partial charge in [0.15, 0.2) is 0 Å². The van der Waals surface area contributed by atoms with Gasteiger partial charge in [0.1, 0.15) is 5.41 Å². The first-order chi connectivity index (χ1) is 9.61. The van der Waals surface area contributed by atoms with Crippen molar-refractivity contribution in [1.82, 2.24) is 0 Å². The molecule has 0 N–H and O–H groups in total. The zero-order valence-electron chi connectivity index (χ0n) is 11.8. The Morgan fingerprint density at radius 3 is 2.50 bits per heavy atom. The maximum atomic E-state index is 12.2. The van der Waals surface area contributed by atoms with Crippen LogP contribution in [0.1, 0.15) is 17.5 Å². The van der Waals surface area contributed by atoms with Crippen molar-refractivity contribution >= 4 is 11.9 Å². The SMILES string of the molecule is COCc1ccccc1C1(C(=O)OC)CC1C(=O)OC. The molecule has 1 aromatic carbocycles. The van der Waals surface area contributed by atoms with Gasteiger partial charge in [-0.25, -0.2) is 0 Å². The molecule has 5 heteroatoms. The highest BCUT2D eigenvalue weighted by molar-refractivity contribution is 5.96. The Kier molecular flexibility index (Phi) is 4.09. The summed E-state index contributed by atoms with van der Waals surface area (Å²) in [6.45, 7) is 0.378. The standard InChI is InChI=1S/C15H18O5/c1-18-9-10-6-4-5-7-11(10)15(14(17)20-3)8-12(15)13(16)19-2/h4-7,12H,8-9H2,1-3H3. The third kappa shape index (κ3) is 2.18. The highest BCUT2D eigenvalue weighted by Gasteiger charge is 2.67. The van der Waals surface area contributed by atoms with E-state index in [1.165, 1.54) is 14.2 Å². The van der Waals surface area contributed by atoms with Gasteiger partial charge >= 0.3 is 11.9 Å². The lowest BCUT2D eigenvalue weighted by Gasteiger charge is -2.18. The first-order valence-corrected chi connectivity index (χ1v) is 6.35. The molecule has 2 atom stereocenters. The number of rotatable bonds is 5. The van der Waals surface area contributed by atoms with Crippen LogP contribution in [0.15, 0.2) is 24.3 Å². The third-order valence-corrected chi connectivity index (χ3v) is 3.79. The van der Waals surface area contributed by atoms with Gasteiger partial charge in [-0.3, -0.25) is 9.59 Å². The van der Waals surface area contributed by atoms with E-state index >= 15 is 0 Å². The van der Waals surface area contributed by atoms with Gasteiger partial charge in [-0.2, -0.15) is 0 Å². The van der Waals surface area contributed by atoms with Crippen molar-refractivity contribution in [3.05, 3.63) is 35.4 Å². The summed E-state index contributed by atoms with van der Waals surface area (Å²) in [6, 6.07) is 7.44. The molecule has 1 aliphatic rings. The van der Waals surface area contributed by atoms with E-state index in [9.17, 15) is 9.59 Å². The average Bonchev–Trinajstić information content (AvgIpc) is 3.23. The molecule has 0 saturated heterocycles. The smallest absolute Gasteiger partial charge is 0.317 e. The second-order valence-corrected chi connectivity index (χ2v) is 4.83. The molecule has 20 heavy (non-hydrogen) atoms. The van der Waals surface area contributed by atoms with Crippen molar-refractivity contribution in [3.8, 4) is 0 Å². The Morgan fingerprint density at radius 1 is 1.20 bits per heavy atom. The summed E-state index contributed by atoms with van der Waals surface area (Å²) in [4.78, 5) is 24.0. The van der Waals surface area contributed by atoms with Crippen molar-refractivity contribution in [2.45, 2.75) is 18.4 Å². The van der Waals surface area contributed by atoms with Crippen LogP contribution in [0.2, 0.25) is 0 Å². The molecule has 2 rings (SSSR count). The molecule has 0 aliphatic heterocycles. The Morgan fingerprint density at radius 2 is 1.90 bits per heavy atom. The van der Waals surface area contributed by atoms with Crippen molar-refractivity contribution in [2.75, 3.05) is 21.3 Å². The van der Waals surface area contributed by atoms with Gasteiger partial charge < -0.3 is 14.2 Å². The number of ether oxygens (including phenoxy) is 3. The molecule has 1 saturated carbocycles. The second-order valence-electron chi connectivity index (χ2n) is 4.83. The van der Waals surface area contributed by atoms with Crippen LogP contribution in [0.3, 0.4) is 0 Å². The van der Waals surface area contributed by atoms with Crippen molar-refractivity contribution in [3.63, 3.8) is 0 Å². The van der Waals surface area contributed by atoms with Crippen LogP contribution >= 0.6 is 0 Å². The summed E-state index contributed by atoms with van der Waals surface area (Å²) in [6.07, 6.45) is 0.410. The number of methoxy groups -OCH3 is 3. The van der Waals surface area contributed by atoms with E-state index in [-0.39, 0.29) is 5.97 Å². The number of esters is 2. The van der Waals surface area contributed by atoms with E-state index in [2.05, 4.69) is 0 Å². The Hall–Kier alpha value is -1.88. The Balaban J connectivity index is 2.45. The molecule has 0 aromatic heterocycles. The van der Waals surface area contributed by atoms with Crippen LogP contribution in [0.25, 0.3) is 0 Å². The van der Waals surface area contributed by atoms with Gasteiger partial charge in [0.2, 0.25) is 0 Å². The van der Waals surface area contributed by atoms with Crippen LogP contribution in [-0.4, -0.2) is 33.3 Å². The molecule has 0 radical (unpaired) electrons. The molecule has 108 valence electrons. The molecule has 1 aromatic rings. The highest BCUT2D eigenvalue weighted by Crippen LogP contribution is 2.56. The highest BCUT2D eigenvalue weighted by atomic mass is 16.5. The van der Waals surface area contributed by atoms with E-state index in [1.807, 2.05) is 24.3 Å². The summed E-state index contributed by atoms with van der Waals surface area (Å²) < 4.78 is 14.8. The van der Waals surface area contributed by atoms with Gasteiger partial charge in [0.05, 0.1) is 26.7 Å². The summed E-state index contributed by atoms with van der Waals surface area (Å²) in [5.74, 6) is -1.28. The quantitative estimate of drug-likeness (QED) is 0.763. The van der Waals surface area contributed by atoms with Gasteiger partial charge in [-0.1, -0.05) is 24.3 Å². The topological polar surface area (TPSA) is 61.8 Å². The van der Waals surface area contributed by atoms with Crippen molar-refractivity contribution in [1.29, 1.82) is 0 Å². The average molecular weight is 278 g/mol. The van der Waals surface area contributed by atoms with Gasteiger partial charge in [0, 0.05) is 7.11 Å². The second kappa shape index (κ2) is 5.63. The van der Waals surface area contributed by atoms with Crippen LogP contribution in [0, 0.1) is 5.92 Å². The van der Waals surface area contributed by atoms with Crippen LogP contribution in [0.4, 0.5) is 0 Å². The van der Waals surface area contributed by atoms with E-state index in [0.717, 1.165) is 11.1 Å². The molecule has 0 amide bonds. The summed E-state index contributed by atoms with van der Waals surface area (Å²) in [5.41, 5.74) is 0.729. The molecule has 0 bridgehead atoms. The molecular formula is C15H18O5. The maximum Gasteiger partial charge on any atom is 0.317 e. The van der Waals surface area contributed by atoms with E-state index in [1.54, 1.807) is 7.11 Å². The zero-order chi connectivity index (χ0) is 14.8. The lowest BCUT2D eigenvalue weighted by atomic mass is 9.89. The fourth-order valence-electron chi connectivity index (χ4n) is 2.74. The van der Waals surface area contributed by atoms with Crippen LogP contribution < -0.4 is 0 Å². The molecular weight excluding hydrogens is 260 g/mol. The molecule has 0 spiro atoms. The van der Waals surface area contributed by atoms with E-state index < -0.39 is 17.3 Å². The fourth-order valence-corrected chi connectivity index (χ4v) is 2.74. The van der Waals surface area contributed by atoms with E-state index in [0.29, 0.717) is 13.0 Å². The Bertz CT molecular complexity index is 525. The van der Waals surface area contributed by atoms with Gasteiger partial charge in [-0.05, 0) is 17.5 Å². The molecule has 2 unspecified atom stereocenters. The van der Waals surface area contributed by atoms with E-state index in [4.69, 9.17) is 14.2 Å². The molecule has 0 heterocycles. The minimum Gasteiger partial charge on any atom is -0.469 e. The summed E-state index contributed by atoms with van der Waals surface area (Å²) >= 11 is 0. The van der Waals surface area contributed by atoms with Crippen molar-refractivity contribution < 1.29 is 23.8 Å². The van der Waals surface area contributed by atoms with Crippen LogP contribution in [0.5, 0.6) is 0 Å². The summed E-state index contributed by atoms with van der Waals surface area (Å²) in [5, 5.41) is 0. The predicted molar refractivity (Wildman–Crippen MR) is 71.0 cm³/mol. The van der Waals surface area contributed by atoms with Gasteiger partial charge in [-0.15, -0.1) is 0 Å². The minimum absolute atomic E-state index is 0.378. The number of carbonyl (C=O) groups excluding carboxylic acids is 2. The monoisotopic (exact) mass is 278 g/mol. The molecule has 1 fully saturated rings. The van der Waals surface area contributed by atoms with Gasteiger partial charge in [0.25, 0.3) is 0 Å². The third-order valence-electron chi connectivity index (χ3n) is 3.79. The summed E-state index contributed by atoms with van der Waals surface area (Å²) in [7, 11) is 4.24.